The number of carbonyl (C=O) groups is 2. The van der Waals surface area contributed by atoms with Crippen LogP contribution in [-0.4, -0.2) is 30.1 Å². The molecular formula is C16H19NO4. The number of hydrogen-bond donors (Lipinski definition) is 1. The number of para-hydroxylation sites is 1. The minimum absolute atomic E-state index is 0.239. The van der Waals surface area contributed by atoms with Crippen molar-refractivity contribution in [3.05, 3.63) is 36.0 Å². The van der Waals surface area contributed by atoms with Crippen LogP contribution in [0.3, 0.4) is 0 Å². The maximum Gasteiger partial charge on any atom is 0.320 e. The molecule has 0 saturated carbocycles. The van der Waals surface area contributed by atoms with E-state index in [0.717, 1.165) is 16.5 Å². The number of aromatic amines is 1. The highest BCUT2D eigenvalue weighted by molar-refractivity contribution is 5.96. The van der Waals surface area contributed by atoms with Crippen LogP contribution in [-0.2, 0) is 25.5 Å². The van der Waals surface area contributed by atoms with Crippen LogP contribution in [0.2, 0.25) is 0 Å². The number of ether oxygens (including phenoxy) is 2. The van der Waals surface area contributed by atoms with Gasteiger partial charge in [-0.05, 0) is 31.9 Å². The van der Waals surface area contributed by atoms with E-state index < -0.39 is 17.9 Å². The Morgan fingerprint density at radius 2 is 1.71 bits per heavy atom. The van der Waals surface area contributed by atoms with Crippen LogP contribution >= 0.6 is 0 Å². The molecule has 21 heavy (non-hydrogen) atoms. The Balaban J connectivity index is 2.25. The number of fused-ring (bicyclic) bond motifs is 1. The van der Waals surface area contributed by atoms with Crippen LogP contribution in [0.4, 0.5) is 0 Å². The number of rotatable bonds is 6. The summed E-state index contributed by atoms with van der Waals surface area (Å²) in [4.78, 5) is 27.1. The summed E-state index contributed by atoms with van der Waals surface area (Å²) < 4.78 is 9.96. The van der Waals surface area contributed by atoms with Crippen LogP contribution in [0.25, 0.3) is 10.9 Å². The predicted molar refractivity (Wildman–Crippen MR) is 78.8 cm³/mol. The van der Waals surface area contributed by atoms with E-state index in [1.54, 1.807) is 13.8 Å². The van der Waals surface area contributed by atoms with Gasteiger partial charge in [0.1, 0.15) is 0 Å². The van der Waals surface area contributed by atoms with E-state index in [1.165, 1.54) is 0 Å². The van der Waals surface area contributed by atoms with Crippen LogP contribution < -0.4 is 0 Å². The zero-order valence-electron chi connectivity index (χ0n) is 12.2. The van der Waals surface area contributed by atoms with Gasteiger partial charge in [-0.15, -0.1) is 0 Å². The molecule has 1 aromatic carbocycles. The van der Waals surface area contributed by atoms with Crippen molar-refractivity contribution in [3.8, 4) is 0 Å². The topological polar surface area (TPSA) is 68.4 Å². The molecule has 5 nitrogen and oxygen atoms in total. The summed E-state index contributed by atoms with van der Waals surface area (Å²) in [6.45, 7) is 3.91. The molecule has 0 bridgehead atoms. The van der Waals surface area contributed by atoms with E-state index in [9.17, 15) is 9.59 Å². The molecule has 5 heteroatoms. The molecule has 0 radical (unpaired) electrons. The van der Waals surface area contributed by atoms with Gasteiger partial charge in [0.25, 0.3) is 0 Å². The fourth-order valence-electron chi connectivity index (χ4n) is 2.27. The van der Waals surface area contributed by atoms with E-state index in [-0.39, 0.29) is 19.6 Å². The molecule has 0 aliphatic carbocycles. The average Bonchev–Trinajstić information content (AvgIpc) is 2.88. The summed E-state index contributed by atoms with van der Waals surface area (Å²) in [6.07, 6.45) is 2.08. The second kappa shape index (κ2) is 6.92. The lowest BCUT2D eigenvalue weighted by molar-refractivity contribution is -0.161. The number of esters is 2. The fourth-order valence-corrected chi connectivity index (χ4v) is 2.27. The third-order valence-electron chi connectivity index (χ3n) is 3.24. The first-order valence-corrected chi connectivity index (χ1v) is 7.05. The van der Waals surface area contributed by atoms with Gasteiger partial charge in [0.2, 0.25) is 0 Å². The van der Waals surface area contributed by atoms with Crippen molar-refractivity contribution in [2.24, 2.45) is 5.92 Å². The number of benzene rings is 1. The lowest BCUT2D eigenvalue weighted by Gasteiger charge is -2.13. The molecular weight excluding hydrogens is 270 g/mol. The summed E-state index contributed by atoms with van der Waals surface area (Å²) in [5.41, 5.74) is 1.87. The molecule has 0 spiro atoms. The number of hydrogen-bond acceptors (Lipinski definition) is 4. The van der Waals surface area contributed by atoms with E-state index in [0.29, 0.717) is 0 Å². The summed E-state index contributed by atoms with van der Waals surface area (Å²) in [5.74, 6) is -2.01. The van der Waals surface area contributed by atoms with Crippen molar-refractivity contribution in [1.29, 1.82) is 0 Å². The monoisotopic (exact) mass is 289 g/mol. The van der Waals surface area contributed by atoms with Crippen molar-refractivity contribution in [2.45, 2.75) is 20.3 Å². The van der Waals surface area contributed by atoms with Gasteiger partial charge in [0.15, 0.2) is 5.92 Å². The Labute approximate surface area is 123 Å². The molecule has 112 valence electrons. The Hall–Kier alpha value is -2.30. The van der Waals surface area contributed by atoms with Crippen LogP contribution in [0.5, 0.6) is 0 Å². The van der Waals surface area contributed by atoms with Crippen molar-refractivity contribution >= 4 is 22.8 Å². The van der Waals surface area contributed by atoms with Crippen LogP contribution in [0.1, 0.15) is 19.4 Å². The Bertz CT molecular complexity index is 614. The van der Waals surface area contributed by atoms with E-state index in [2.05, 4.69) is 4.98 Å². The van der Waals surface area contributed by atoms with Crippen molar-refractivity contribution in [3.63, 3.8) is 0 Å². The molecule has 2 rings (SSSR count). The first-order valence-electron chi connectivity index (χ1n) is 7.05. The van der Waals surface area contributed by atoms with Crippen LogP contribution in [0.15, 0.2) is 30.5 Å². The third-order valence-corrected chi connectivity index (χ3v) is 3.24. The molecule has 0 unspecified atom stereocenters. The van der Waals surface area contributed by atoms with Gasteiger partial charge in [-0.25, -0.2) is 0 Å². The number of nitrogens with one attached hydrogen (secondary N) is 1. The van der Waals surface area contributed by atoms with Crippen molar-refractivity contribution in [1.82, 2.24) is 4.98 Å². The van der Waals surface area contributed by atoms with Crippen molar-refractivity contribution < 1.29 is 19.1 Å². The minimum Gasteiger partial charge on any atom is -0.465 e. The normalized spacial score (nSPS) is 10.8. The Kier molecular flexibility index (Phi) is 4.98. The zero-order chi connectivity index (χ0) is 15.2. The average molecular weight is 289 g/mol. The predicted octanol–water partition coefficient (Wildman–Crippen LogP) is 2.45. The minimum atomic E-state index is -0.927. The quantitative estimate of drug-likeness (QED) is 0.655. The smallest absolute Gasteiger partial charge is 0.320 e. The molecule has 1 aromatic heterocycles. The maximum absolute atomic E-state index is 12.0. The first kappa shape index (κ1) is 15.1. The first-order chi connectivity index (χ1) is 10.2. The highest BCUT2D eigenvalue weighted by atomic mass is 16.6. The van der Waals surface area contributed by atoms with Crippen LogP contribution in [0, 0.1) is 5.92 Å². The van der Waals surface area contributed by atoms with Gasteiger partial charge < -0.3 is 14.5 Å². The van der Waals surface area contributed by atoms with Gasteiger partial charge in [-0.1, -0.05) is 18.2 Å². The lowest BCUT2D eigenvalue weighted by atomic mass is 9.99. The van der Waals surface area contributed by atoms with Crippen molar-refractivity contribution in [2.75, 3.05) is 13.2 Å². The summed E-state index contributed by atoms with van der Waals surface area (Å²) in [6, 6.07) is 7.75. The molecule has 0 fully saturated rings. The molecule has 0 amide bonds. The summed E-state index contributed by atoms with van der Waals surface area (Å²) >= 11 is 0. The lowest BCUT2D eigenvalue weighted by Crippen LogP contribution is -2.30. The molecule has 0 atom stereocenters. The van der Waals surface area contributed by atoms with Gasteiger partial charge in [-0.2, -0.15) is 0 Å². The molecule has 0 saturated heterocycles. The standard InChI is InChI=1S/C16H19NO4/c1-3-20-15(18)13(16(19)21-4-2)9-11-10-17-14-8-6-5-7-12(11)14/h5-8,10,13,17H,3-4,9H2,1-2H3. The molecule has 1 heterocycles. The second-order valence-electron chi connectivity index (χ2n) is 4.62. The second-order valence-corrected chi connectivity index (χ2v) is 4.62. The van der Waals surface area contributed by atoms with Gasteiger partial charge in [-0.3, -0.25) is 9.59 Å². The SMILES string of the molecule is CCOC(=O)C(Cc1c[nH]c2ccccc12)C(=O)OCC. The van der Waals surface area contributed by atoms with E-state index in [4.69, 9.17) is 9.47 Å². The number of carbonyl (C=O) groups excluding carboxylic acids is 2. The fraction of sp³-hybridized carbons (Fsp3) is 0.375. The number of H-pyrrole nitrogens is 1. The largest absolute Gasteiger partial charge is 0.465 e. The highest BCUT2D eigenvalue weighted by Crippen LogP contribution is 2.22. The summed E-state index contributed by atoms with van der Waals surface area (Å²) in [5, 5.41) is 0.996. The Morgan fingerprint density at radius 1 is 1.10 bits per heavy atom. The van der Waals surface area contributed by atoms with E-state index in [1.807, 2.05) is 30.5 Å². The Morgan fingerprint density at radius 3 is 2.33 bits per heavy atom. The summed E-state index contributed by atoms with van der Waals surface area (Å²) in [7, 11) is 0. The molecule has 0 aliphatic rings. The van der Waals surface area contributed by atoms with Gasteiger partial charge in [0.05, 0.1) is 13.2 Å². The highest BCUT2D eigenvalue weighted by Gasteiger charge is 2.30. The van der Waals surface area contributed by atoms with Gasteiger partial charge >= 0.3 is 11.9 Å². The van der Waals surface area contributed by atoms with Gasteiger partial charge in [0, 0.05) is 17.1 Å². The molecule has 2 aromatic rings. The zero-order valence-corrected chi connectivity index (χ0v) is 12.2. The van der Waals surface area contributed by atoms with E-state index >= 15 is 0 Å². The molecule has 1 N–H and O–H groups in total. The maximum atomic E-state index is 12.0. The third kappa shape index (κ3) is 3.42. The number of aromatic nitrogens is 1. The molecule has 0 aliphatic heterocycles.